The first-order chi connectivity index (χ1) is 7.24. The van der Waals surface area contributed by atoms with E-state index in [4.69, 9.17) is 0 Å². The molecule has 0 saturated heterocycles. The molecule has 0 unspecified atom stereocenters. The fraction of sp³-hybridized carbons (Fsp3) is 0.167. The molecule has 3 heteroatoms. The average Bonchev–Trinajstić information content (AvgIpc) is 2.25. The van der Waals surface area contributed by atoms with Crippen LogP contribution < -0.4 is 0 Å². The van der Waals surface area contributed by atoms with Gasteiger partial charge in [0.15, 0.2) is 11.5 Å². The van der Waals surface area contributed by atoms with Crippen LogP contribution in [0.5, 0.6) is 0 Å². The molecule has 0 atom stereocenters. The van der Waals surface area contributed by atoms with Gasteiger partial charge in [0.25, 0.3) is 0 Å². The largest absolute Gasteiger partial charge is 0.398 e. The Labute approximate surface area is 88.7 Å². The van der Waals surface area contributed by atoms with E-state index < -0.39 is 0 Å². The molecule has 0 aliphatic carbocycles. The molecule has 0 heterocycles. The molecule has 0 bridgehead atoms. The molecule has 0 aromatic heterocycles. The lowest BCUT2D eigenvalue weighted by atomic mass is 10.2. The monoisotopic (exact) mass is 201 g/mol. The third-order valence-corrected chi connectivity index (χ3v) is 1.62. The van der Waals surface area contributed by atoms with Crippen molar-refractivity contribution in [2.24, 2.45) is 5.16 Å². The molecule has 0 aliphatic heterocycles. The highest BCUT2D eigenvalue weighted by Crippen LogP contribution is 1.95. The Morgan fingerprint density at radius 2 is 2.00 bits per heavy atom. The van der Waals surface area contributed by atoms with Gasteiger partial charge in [0, 0.05) is 12.5 Å². The fourth-order valence-electron chi connectivity index (χ4n) is 0.919. The summed E-state index contributed by atoms with van der Waals surface area (Å²) in [5.74, 6) is 5.28. The van der Waals surface area contributed by atoms with Gasteiger partial charge < -0.3 is 4.84 Å². The Hall–Kier alpha value is -2.08. The van der Waals surface area contributed by atoms with E-state index in [1.54, 1.807) is 0 Å². The van der Waals surface area contributed by atoms with Gasteiger partial charge in [0.1, 0.15) is 7.11 Å². The zero-order chi connectivity index (χ0) is 11.1. The van der Waals surface area contributed by atoms with Crippen molar-refractivity contribution in [2.75, 3.05) is 7.11 Å². The van der Waals surface area contributed by atoms with Gasteiger partial charge in [-0.05, 0) is 18.1 Å². The quantitative estimate of drug-likeness (QED) is 0.414. The standard InChI is InChI=1S/C12H11NO2/c1-10(14)12(13-15-2)9-8-11-6-4-3-5-7-11/h3-7H,1-2H3. The second-order valence-corrected chi connectivity index (χ2v) is 2.79. The number of ketones is 1. The maximum atomic E-state index is 11.0. The molecule has 3 nitrogen and oxygen atoms in total. The molecule has 0 N–H and O–H groups in total. The topological polar surface area (TPSA) is 38.7 Å². The second kappa shape index (κ2) is 5.61. The predicted octanol–water partition coefficient (Wildman–Crippen LogP) is 1.63. The lowest BCUT2D eigenvalue weighted by molar-refractivity contribution is -0.111. The second-order valence-electron chi connectivity index (χ2n) is 2.79. The van der Waals surface area contributed by atoms with Gasteiger partial charge in [-0.3, -0.25) is 4.79 Å². The number of benzene rings is 1. The summed E-state index contributed by atoms with van der Waals surface area (Å²) in [6.07, 6.45) is 0. The minimum atomic E-state index is -0.208. The number of nitrogens with zero attached hydrogens (tertiary/aromatic N) is 1. The Balaban J connectivity index is 2.89. The summed E-state index contributed by atoms with van der Waals surface area (Å²) in [4.78, 5) is 15.6. The number of carbonyl (C=O) groups excluding carboxylic acids is 1. The van der Waals surface area contributed by atoms with Crippen LogP contribution in [0.2, 0.25) is 0 Å². The van der Waals surface area contributed by atoms with Crippen LogP contribution in [0.3, 0.4) is 0 Å². The predicted molar refractivity (Wildman–Crippen MR) is 58.4 cm³/mol. The van der Waals surface area contributed by atoms with Crippen LogP contribution in [-0.2, 0) is 9.63 Å². The van der Waals surface area contributed by atoms with Gasteiger partial charge in [0.2, 0.25) is 0 Å². The van der Waals surface area contributed by atoms with Gasteiger partial charge >= 0.3 is 0 Å². The summed E-state index contributed by atoms with van der Waals surface area (Å²) in [6, 6.07) is 9.38. The summed E-state index contributed by atoms with van der Waals surface area (Å²) in [7, 11) is 1.38. The average molecular weight is 201 g/mol. The smallest absolute Gasteiger partial charge is 0.195 e. The van der Waals surface area contributed by atoms with E-state index >= 15 is 0 Å². The van der Waals surface area contributed by atoms with Crippen molar-refractivity contribution >= 4 is 11.5 Å². The van der Waals surface area contributed by atoms with Crippen molar-refractivity contribution in [1.29, 1.82) is 0 Å². The van der Waals surface area contributed by atoms with E-state index in [2.05, 4.69) is 21.8 Å². The van der Waals surface area contributed by atoms with E-state index in [9.17, 15) is 4.79 Å². The summed E-state index contributed by atoms with van der Waals surface area (Å²) >= 11 is 0. The first-order valence-corrected chi connectivity index (χ1v) is 4.43. The number of rotatable bonds is 2. The summed E-state index contributed by atoms with van der Waals surface area (Å²) < 4.78 is 0. The van der Waals surface area contributed by atoms with Crippen LogP contribution in [0.15, 0.2) is 35.5 Å². The fourth-order valence-corrected chi connectivity index (χ4v) is 0.919. The Morgan fingerprint density at radius 1 is 1.33 bits per heavy atom. The third-order valence-electron chi connectivity index (χ3n) is 1.62. The third kappa shape index (κ3) is 3.65. The molecular formula is C12H11NO2. The zero-order valence-corrected chi connectivity index (χ0v) is 8.65. The Bertz CT molecular complexity index is 424. The lowest BCUT2D eigenvalue weighted by Crippen LogP contribution is -2.07. The Morgan fingerprint density at radius 3 is 2.53 bits per heavy atom. The summed E-state index contributed by atoms with van der Waals surface area (Å²) in [5, 5.41) is 3.53. The minimum Gasteiger partial charge on any atom is -0.398 e. The number of carbonyl (C=O) groups is 1. The van der Waals surface area contributed by atoms with E-state index in [-0.39, 0.29) is 11.5 Å². The highest BCUT2D eigenvalue weighted by Gasteiger charge is 2.01. The molecule has 15 heavy (non-hydrogen) atoms. The number of hydrogen-bond acceptors (Lipinski definition) is 3. The highest BCUT2D eigenvalue weighted by atomic mass is 16.6. The summed E-state index contributed by atoms with van der Waals surface area (Å²) in [5.41, 5.74) is 0.962. The van der Waals surface area contributed by atoms with Crippen LogP contribution in [0.1, 0.15) is 12.5 Å². The van der Waals surface area contributed by atoms with Crippen molar-refractivity contribution in [1.82, 2.24) is 0 Å². The van der Waals surface area contributed by atoms with Crippen LogP contribution >= 0.6 is 0 Å². The molecule has 0 saturated carbocycles. The molecule has 1 aromatic carbocycles. The first kappa shape index (κ1) is 11.0. The molecule has 1 aromatic rings. The zero-order valence-electron chi connectivity index (χ0n) is 8.65. The molecule has 0 amide bonds. The number of Topliss-reactive ketones (excluding diaryl/α,β-unsaturated/α-hetero) is 1. The maximum absolute atomic E-state index is 11.0. The van der Waals surface area contributed by atoms with Crippen molar-refractivity contribution in [3.05, 3.63) is 35.9 Å². The van der Waals surface area contributed by atoms with Gasteiger partial charge in [-0.2, -0.15) is 0 Å². The van der Waals surface area contributed by atoms with Crippen LogP contribution in [-0.4, -0.2) is 18.6 Å². The Kier molecular flexibility index (Phi) is 4.11. The highest BCUT2D eigenvalue weighted by molar-refractivity contribution is 6.45. The van der Waals surface area contributed by atoms with Crippen molar-refractivity contribution in [3.63, 3.8) is 0 Å². The lowest BCUT2D eigenvalue weighted by Gasteiger charge is -1.90. The molecule has 0 fully saturated rings. The molecular weight excluding hydrogens is 190 g/mol. The van der Waals surface area contributed by atoms with Crippen molar-refractivity contribution < 1.29 is 9.63 Å². The first-order valence-electron chi connectivity index (χ1n) is 4.43. The van der Waals surface area contributed by atoms with Gasteiger partial charge in [-0.25, -0.2) is 0 Å². The van der Waals surface area contributed by atoms with Crippen molar-refractivity contribution in [2.45, 2.75) is 6.92 Å². The normalized spacial score (nSPS) is 10.1. The maximum Gasteiger partial charge on any atom is 0.195 e. The van der Waals surface area contributed by atoms with E-state index in [0.717, 1.165) is 5.56 Å². The SMILES string of the molecule is CON=C(C#Cc1ccccc1)C(C)=O. The van der Waals surface area contributed by atoms with Crippen LogP contribution in [0.25, 0.3) is 0 Å². The minimum absolute atomic E-state index is 0.126. The van der Waals surface area contributed by atoms with Crippen LogP contribution in [0.4, 0.5) is 0 Å². The van der Waals surface area contributed by atoms with E-state index in [1.807, 2.05) is 30.3 Å². The molecule has 1 rings (SSSR count). The van der Waals surface area contributed by atoms with Crippen LogP contribution in [0, 0.1) is 11.8 Å². The van der Waals surface area contributed by atoms with Gasteiger partial charge in [-0.15, -0.1) is 0 Å². The van der Waals surface area contributed by atoms with Gasteiger partial charge in [-0.1, -0.05) is 29.3 Å². The van der Waals surface area contributed by atoms with E-state index in [1.165, 1.54) is 14.0 Å². The summed E-state index contributed by atoms with van der Waals surface area (Å²) in [6.45, 7) is 1.40. The van der Waals surface area contributed by atoms with Crippen molar-refractivity contribution in [3.8, 4) is 11.8 Å². The van der Waals surface area contributed by atoms with E-state index in [0.29, 0.717) is 0 Å². The molecule has 0 spiro atoms. The molecule has 76 valence electrons. The van der Waals surface area contributed by atoms with Gasteiger partial charge in [0.05, 0.1) is 0 Å². The molecule has 0 aliphatic rings. The number of oxime groups is 1. The molecule has 0 radical (unpaired) electrons. The number of hydrogen-bond donors (Lipinski definition) is 0.